The van der Waals surface area contributed by atoms with Crippen molar-refractivity contribution in [1.82, 2.24) is 4.90 Å². The molecule has 5 aromatic rings. The van der Waals surface area contributed by atoms with Crippen molar-refractivity contribution < 1.29 is 14.6 Å². The first-order chi connectivity index (χ1) is 25.7. The maximum Gasteiger partial charge on any atom is 0.124 e. The first-order valence-electron chi connectivity index (χ1n) is 19.1. The molecule has 0 fully saturated rings. The van der Waals surface area contributed by atoms with E-state index in [-0.39, 0.29) is 0 Å². The minimum absolute atomic E-state index is 0.333. The third-order valence-electron chi connectivity index (χ3n) is 12.5. The van der Waals surface area contributed by atoms with Crippen LogP contribution in [0.5, 0.6) is 11.5 Å². The molecule has 266 valence electrons. The molecule has 4 nitrogen and oxygen atoms in total. The highest BCUT2D eigenvalue weighted by Gasteiger charge is 2.45. The van der Waals surface area contributed by atoms with Crippen LogP contribution in [-0.4, -0.2) is 15.1 Å². The molecule has 1 aromatic heterocycles. The van der Waals surface area contributed by atoms with Crippen molar-refractivity contribution >= 4 is 11.1 Å². The van der Waals surface area contributed by atoms with Crippen LogP contribution in [0.3, 0.4) is 0 Å². The number of aryl methyl sites for hydroxylation is 2. The molecule has 0 amide bonds. The van der Waals surface area contributed by atoms with Crippen LogP contribution in [-0.2, 0) is 30.5 Å². The minimum atomic E-state index is -0.474. The van der Waals surface area contributed by atoms with Crippen LogP contribution in [0.1, 0.15) is 101 Å². The van der Waals surface area contributed by atoms with Crippen molar-refractivity contribution in [2.24, 2.45) is 0 Å². The van der Waals surface area contributed by atoms with E-state index in [2.05, 4.69) is 130 Å². The second kappa shape index (κ2) is 12.7. The fourth-order valence-electron chi connectivity index (χ4n) is 10.1. The number of furan rings is 1. The molecular formula is C49H47NO3. The van der Waals surface area contributed by atoms with Gasteiger partial charge in [-0.1, -0.05) is 108 Å². The topological polar surface area (TPSA) is 56.8 Å². The van der Waals surface area contributed by atoms with Gasteiger partial charge in [0.05, 0.1) is 12.8 Å². The molecule has 2 unspecified atom stereocenters. The van der Waals surface area contributed by atoms with E-state index < -0.39 is 10.8 Å². The summed E-state index contributed by atoms with van der Waals surface area (Å²) in [5, 5.41) is 24.7. The summed E-state index contributed by atoms with van der Waals surface area (Å²) >= 11 is 0. The van der Waals surface area contributed by atoms with Gasteiger partial charge in [0.2, 0.25) is 0 Å². The average molecular weight is 698 g/mol. The van der Waals surface area contributed by atoms with Crippen molar-refractivity contribution in [2.45, 2.75) is 83.8 Å². The zero-order valence-electron chi connectivity index (χ0n) is 31.2. The van der Waals surface area contributed by atoms with Gasteiger partial charge >= 0.3 is 0 Å². The Morgan fingerprint density at radius 3 is 1.92 bits per heavy atom. The Morgan fingerprint density at radius 1 is 0.642 bits per heavy atom. The van der Waals surface area contributed by atoms with E-state index in [0.717, 1.165) is 64.8 Å². The quantitative estimate of drug-likeness (QED) is 0.169. The summed E-state index contributed by atoms with van der Waals surface area (Å²) in [5.74, 6) is 1.51. The number of aromatic hydroxyl groups is 2. The highest BCUT2D eigenvalue weighted by atomic mass is 16.3. The van der Waals surface area contributed by atoms with Crippen LogP contribution < -0.4 is 0 Å². The summed E-state index contributed by atoms with van der Waals surface area (Å²) in [6, 6.07) is 29.9. The Bertz CT molecular complexity index is 2410. The standard InChI is InChI=1S/C49H47NO3/c1-31-24-33(46(51)44(26-31)48(3)40-19-9-5-15-36(40)37-16-6-10-20-41(37)48)28-50(30-35-14-13-23-53-35)29-34-25-32(2)27-45(47(34)52)49(4)42-21-11-7-17-38(42)39-18-8-12-22-43(39)49/h5-7,9,11-17,19,21-27,51-52H,8,10,18,20,28-30H2,1-4H3. The number of phenolic OH excluding ortho intramolecular Hbond substituents is 2. The van der Waals surface area contributed by atoms with Crippen LogP contribution in [0.15, 0.2) is 131 Å². The molecule has 0 spiro atoms. The van der Waals surface area contributed by atoms with Crippen molar-refractivity contribution in [3.8, 4) is 11.5 Å². The summed E-state index contributed by atoms with van der Waals surface area (Å²) in [5.41, 5.74) is 15.4. The number of fused-ring (bicyclic) bond motifs is 4. The fourth-order valence-corrected chi connectivity index (χ4v) is 10.1. The maximum atomic E-state index is 12.4. The second-order valence-electron chi connectivity index (χ2n) is 15.9. The number of nitrogens with zero attached hydrogens (tertiary/aromatic N) is 1. The van der Waals surface area contributed by atoms with E-state index in [1.165, 1.54) is 44.5 Å². The largest absolute Gasteiger partial charge is 0.507 e. The molecule has 4 aromatic carbocycles. The van der Waals surface area contributed by atoms with Gasteiger partial charge in [0.15, 0.2) is 0 Å². The van der Waals surface area contributed by atoms with Crippen molar-refractivity contribution in [3.63, 3.8) is 0 Å². The van der Waals surface area contributed by atoms with E-state index in [4.69, 9.17) is 4.42 Å². The van der Waals surface area contributed by atoms with Gasteiger partial charge in [-0.05, 0) is 110 Å². The highest BCUT2D eigenvalue weighted by Crippen LogP contribution is 2.57. The number of allylic oxidation sites excluding steroid dienone is 8. The molecule has 0 aliphatic heterocycles. The van der Waals surface area contributed by atoms with E-state index in [9.17, 15) is 10.2 Å². The minimum Gasteiger partial charge on any atom is -0.507 e. The third-order valence-corrected chi connectivity index (χ3v) is 12.5. The number of rotatable bonds is 8. The molecule has 53 heavy (non-hydrogen) atoms. The molecule has 4 heteroatoms. The van der Waals surface area contributed by atoms with E-state index in [0.29, 0.717) is 31.1 Å². The maximum absolute atomic E-state index is 12.4. The summed E-state index contributed by atoms with van der Waals surface area (Å²) in [6.45, 7) is 10.3. The van der Waals surface area contributed by atoms with Crippen molar-refractivity contribution in [3.05, 3.63) is 188 Å². The Hall–Kier alpha value is -5.32. The lowest BCUT2D eigenvalue weighted by atomic mass is 9.70. The highest BCUT2D eigenvalue weighted by molar-refractivity contribution is 5.89. The smallest absolute Gasteiger partial charge is 0.124 e. The Morgan fingerprint density at radius 2 is 1.25 bits per heavy atom. The average Bonchev–Trinajstić information content (AvgIpc) is 3.85. The number of benzene rings is 4. The normalized spacial score (nSPS) is 21.3. The predicted octanol–water partition coefficient (Wildman–Crippen LogP) is 11.4. The van der Waals surface area contributed by atoms with Gasteiger partial charge < -0.3 is 14.6 Å². The second-order valence-corrected chi connectivity index (χ2v) is 15.9. The van der Waals surface area contributed by atoms with Gasteiger partial charge in [-0.2, -0.15) is 0 Å². The van der Waals surface area contributed by atoms with Gasteiger partial charge in [0, 0.05) is 46.2 Å². The lowest BCUT2D eigenvalue weighted by Gasteiger charge is -2.34. The van der Waals surface area contributed by atoms with Gasteiger partial charge in [-0.3, -0.25) is 4.90 Å². The number of hydrogen-bond donors (Lipinski definition) is 2. The molecule has 2 atom stereocenters. The Kier molecular flexibility index (Phi) is 8.01. The molecular weight excluding hydrogens is 651 g/mol. The van der Waals surface area contributed by atoms with Crippen LogP contribution in [0, 0.1) is 13.8 Å². The van der Waals surface area contributed by atoms with Crippen LogP contribution in [0.2, 0.25) is 0 Å². The van der Waals surface area contributed by atoms with Crippen LogP contribution in [0.25, 0.3) is 11.1 Å². The monoisotopic (exact) mass is 697 g/mol. The van der Waals surface area contributed by atoms with E-state index >= 15 is 0 Å². The van der Waals surface area contributed by atoms with Crippen molar-refractivity contribution in [2.75, 3.05) is 0 Å². The number of hydrogen-bond acceptors (Lipinski definition) is 4. The molecule has 4 aliphatic rings. The molecule has 0 bridgehead atoms. The number of phenols is 2. The fraction of sp³-hybridized carbons (Fsp3) is 0.265. The first-order valence-corrected chi connectivity index (χ1v) is 19.1. The summed E-state index contributed by atoms with van der Waals surface area (Å²) in [7, 11) is 0. The summed E-state index contributed by atoms with van der Waals surface area (Å²) in [6.07, 6.45) is 14.8. The van der Waals surface area contributed by atoms with Gasteiger partial charge in [-0.25, -0.2) is 0 Å². The van der Waals surface area contributed by atoms with E-state index in [1.54, 1.807) is 6.26 Å². The molecule has 0 saturated carbocycles. The first kappa shape index (κ1) is 33.5. The summed E-state index contributed by atoms with van der Waals surface area (Å²) in [4.78, 5) is 2.28. The molecule has 1 heterocycles. The molecule has 4 aliphatic carbocycles. The SMILES string of the molecule is Cc1cc(CN(Cc2ccco2)Cc2cc(C)cc(C3(C)C4=C(C=CCC4)c4ccccc43)c2O)c(O)c(C2(C)C3=C(CCC=C3)c3ccccc32)c1. The molecule has 9 rings (SSSR count). The molecule has 2 N–H and O–H groups in total. The van der Waals surface area contributed by atoms with Crippen LogP contribution in [0.4, 0.5) is 0 Å². The van der Waals surface area contributed by atoms with Gasteiger partial charge in [0.1, 0.15) is 17.3 Å². The van der Waals surface area contributed by atoms with Gasteiger partial charge in [0.25, 0.3) is 0 Å². The van der Waals surface area contributed by atoms with Crippen molar-refractivity contribution in [1.29, 1.82) is 0 Å². The lowest BCUT2D eigenvalue weighted by molar-refractivity contribution is 0.221. The Balaban J connectivity index is 1.13. The molecule has 0 saturated heterocycles. The van der Waals surface area contributed by atoms with Gasteiger partial charge in [-0.15, -0.1) is 0 Å². The molecule has 0 radical (unpaired) electrons. The van der Waals surface area contributed by atoms with Crippen LogP contribution >= 0.6 is 0 Å². The lowest BCUT2D eigenvalue weighted by Crippen LogP contribution is -2.27. The predicted molar refractivity (Wildman–Crippen MR) is 214 cm³/mol. The third kappa shape index (κ3) is 5.21. The van der Waals surface area contributed by atoms with E-state index in [1.807, 2.05) is 12.1 Å². The zero-order chi connectivity index (χ0) is 36.5. The Labute approximate surface area is 313 Å². The summed E-state index contributed by atoms with van der Waals surface area (Å²) < 4.78 is 5.89. The zero-order valence-corrected chi connectivity index (χ0v) is 31.2.